The Balaban J connectivity index is 2.70. The van der Waals surface area contributed by atoms with Crippen LogP contribution in [-0.4, -0.2) is 63.3 Å². The van der Waals surface area contributed by atoms with E-state index in [1.54, 1.807) is 30.3 Å². The maximum Gasteiger partial charge on any atom is 0.247 e. The summed E-state index contributed by atoms with van der Waals surface area (Å²) in [6, 6.07) is 7.43. The van der Waals surface area contributed by atoms with Gasteiger partial charge in [0.05, 0.1) is 5.75 Å². The number of carbonyl (C=O) groups is 2. The van der Waals surface area contributed by atoms with Crippen molar-refractivity contribution in [2.45, 2.75) is 6.04 Å². The van der Waals surface area contributed by atoms with Crippen LogP contribution in [0, 0.1) is 0 Å². The molecule has 9 nitrogen and oxygen atoms in total. The number of benzene rings is 1. The van der Waals surface area contributed by atoms with Crippen molar-refractivity contribution in [2.75, 3.05) is 33.0 Å². The minimum absolute atomic E-state index is 0.125. The van der Waals surface area contributed by atoms with E-state index in [4.69, 9.17) is 5.11 Å². The summed E-state index contributed by atoms with van der Waals surface area (Å²) in [4.78, 5) is 25.9. The second-order valence-electron chi connectivity index (χ2n) is 5.16. The van der Waals surface area contributed by atoms with Crippen LogP contribution in [0.25, 0.3) is 0 Å². The van der Waals surface area contributed by atoms with Crippen LogP contribution < -0.4 is 15.5 Å². The van der Waals surface area contributed by atoms with E-state index in [9.17, 15) is 18.0 Å². The molecule has 1 rings (SSSR count). The molecule has 0 aliphatic heterocycles. The Morgan fingerprint density at radius 2 is 1.83 bits per heavy atom. The zero-order valence-corrected chi connectivity index (χ0v) is 14.3. The predicted molar refractivity (Wildman–Crippen MR) is 88.0 cm³/mol. The topological polar surface area (TPSA) is 128 Å². The monoisotopic (exact) mass is 358 g/mol. The molecule has 0 aromatic heterocycles. The van der Waals surface area contributed by atoms with Gasteiger partial charge in [-0.25, -0.2) is 13.4 Å². The van der Waals surface area contributed by atoms with E-state index in [0.717, 1.165) is 0 Å². The molecule has 0 saturated heterocycles. The molecule has 0 spiro atoms. The molecule has 0 aliphatic carbocycles. The lowest BCUT2D eigenvalue weighted by molar-refractivity contribution is -0.130. The number of hydrogen-bond donors (Lipinski definition) is 4. The van der Waals surface area contributed by atoms with Crippen LogP contribution in [0.1, 0.15) is 11.6 Å². The Morgan fingerprint density at radius 1 is 1.21 bits per heavy atom. The summed E-state index contributed by atoms with van der Waals surface area (Å²) < 4.78 is 23.4. The molecule has 1 atom stereocenters. The quantitative estimate of drug-likeness (QED) is 0.392. The molecule has 0 saturated carbocycles. The average molecular weight is 358 g/mol. The first kappa shape index (κ1) is 20.0. The van der Waals surface area contributed by atoms with Crippen LogP contribution in [-0.2, 0) is 19.6 Å². The van der Waals surface area contributed by atoms with Crippen LogP contribution in [0.3, 0.4) is 0 Å². The molecule has 0 heterocycles. The van der Waals surface area contributed by atoms with Gasteiger partial charge >= 0.3 is 0 Å². The van der Waals surface area contributed by atoms with Gasteiger partial charge in [-0.3, -0.25) is 9.59 Å². The lowest BCUT2D eigenvalue weighted by atomic mass is 10.1. The SMILES string of the molecule is CN(C)NS(=O)(=O)CCNC(=O)[C@H](NC(=O)CO)c1ccccc1. The van der Waals surface area contributed by atoms with Crippen LogP contribution in [0.5, 0.6) is 0 Å². The third-order valence-corrected chi connectivity index (χ3v) is 4.22. The van der Waals surface area contributed by atoms with Crippen molar-refractivity contribution in [1.29, 1.82) is 0 Å². The Bertz CT molecular complexity index is 648. The number of rotatable bonds is 9. The Labute approximate surface area is 141 Å². The third-order valence-electron chi connectivity index (χ3n) is 2.84. The first-order chi connectivity index (χ1) is 11.2. The highest BCUT2D eigenvalue weighted by Crippen LogP contribution is 2.12. The fourth-order valence-corrected chi connectivity index (χ4v) is 2.91. The first-order valence-corrected chi connectivity index (χ1v) is 8.80. The molecular formula is C14H22N4O5S. The van der Waals surface area contributed by atoms with Crippen LogP contribution in [0.2, 0.25) is 0 Å². The molecule has 1 aromatic carbocycles. The largest absolute Gasteiger partial charge is 0.387 e. The molecule has 134 valence electrons. The lowest BCUT2D eigenvalue weighted by Crippen LogP contribution is -2.44. The van der Waals surface area contributed by atoms with E-state index < -0.39 is 34.5 Å². The molecule has 4 N–H and O–H groups in total. The number of nitrogens with one attached hydrogen (secondary N) is 3. The van der Waals surface area contributed by atoms with Crippen LogP contribution in [0.4, 0.5) is 0 Å². The van der Waals surface area contributed by atoms with Gasteiger partial charge in [-0.05, 0) is 5.56 Å². The van der Waals surface area contributed by atoms with Gasteiger partial charge in [0, 0.05) is 20.6 Å². The Morgan fingerprint density at radius 3 is 2.38 bits per heavy atom. The molecule has 0 fully saturated rings. The molecule has 0 unspecified atom stereocenters. The van der Waals surface area contributed by atoms with E-state index in [1.165, 1.54) is 19.1 Å². The van der Waals surface area contributed by atoms with E-state index in [-0.39, 0.29) is 12.3 Å². The molecule has 0 bridgehead atoms. The highest BCUT2D eigenvalue weighted by molar-refractivity contribution is 7.89. The van der Waals surface area contributed by atoms with Gasteiger partial charge < -0.3 is 15.7 Å². The molecule has 0 radical (unpaired) electrons. The van der Waals surface area contributed by atoms with Crippen molar-refractivity contribution in [3.63, 3.8) is 0 Å². The normalized spacial score (nSPS) is 12.7. The molecule has 2 amide bonds. The maximum atomic E-state index is 12.3. The zero-order chi connectivity index (χ0) is 18.2. The summed E-state index contributed by atoms with van der Waals surface area (Å²) in [6.07, 6.45) is 0. The number of aliphatic hydroxyl groups excluding tert-OH is 1. The third kappa shape index (κ3) is 7.04. The van der Waals surface area contributed by atoms with Crippen LogP contribution in [0.15, 0.2) is 30.3 Å². The summed E-state index contributed by atoms with van der Waals surface area (Å²) >= 11 is 0. The van der Waals surface area contributed by atoms with Crippen LogP contribution >= 0.6 is 0 Å². The average Bonchev–Trinajstić information content (AvgIpc) is 2.51. The van der Waals surface area contributed by atoms with Crippen molar-refractivity contribution in [3.8, 4) is 0 Å². The maximum absolute atomic E-state index is 12.3. The Hall–Kier alpha value is -2.01. The second kappa shape index (κ2) is 9.33. The van der Waals surface area contributed by atoms with Gasteiger partial charge in [0.1, 0.15) is 12.6 Å². The summed E-state index contributed by atoms with van der Waals surface area (Å²) in [6.45, 7) is -0.877. The molecule has 1 aromatic rings. The molecule has 0 aliphatic rings. The summed E-state index contributed by atoms with van der Waals surface area (Å²) in [5.41, 5.74) is 0.520. The summed E-state index contributed by atoms with van der Waals surface area (Å²) in [5, 5.41) is 15.0. The minimum Gasteiger partial charge on any atom is -0.387 e. The smallest absolute Gasteiger partial charge is 0.247 e. The molecule has 10 heteroatoms. The number of nitrogens with zero attached hydrogens (tertiary/aromatic N) is 1. The van der Waals surface area contributed by atoms with E-state index in [2.05, 4.69) is 15.5 Å². The minimum atomic E-state index is -3.56. The highest BCUT2D eigenvalue weighted by atomic mass is 32.2. The van der Waals surface area contributed by atoms with Gasteiger partial charge in [-0.1, -0.05) is 30.3 Å². The fraction of sp³-hybridized carbons (Fsp3) is 0.429. The van der Waals surface area contributed by atoms with E-state index >= 15 is 0 Å². The predicted octanol–water partition coefficient (Wildman–Crippen LogP) is -1.65. The van der Waals surface area contributed by atoms with Gasteiger partial charge in [0.25, 0.3) is 0 Å². The van der Waals surface area contributed by atoms with Gasteiger partial charge in [0.15, 0.2) is 0 Å². The molecular weight excluding hydrogens is 336 g/mol. The van der Waals surface area contributed by atoms with E-state index in [0.29, 0.717) is 5.56 Å². The number of carbonyl (C=O) groups excluding carboxylic acids is 2. The van der Waals surface area contributed by atoms with Crippen molar-refractivity contribution >= 4 is 21.8 Å². The summed E-state index contributed by atoms with van der Waals surface area (Å²) in [5.74, 6) is -1.59. The van der Waals surface area contributed by atoms with Gasteiger partial charge in [-0.15, -0.1) is 4.83 Å². The number of hydrazine groups is 1. The standard InChI is InChI=1S/C14H22N4O5S/c1-18(2)17-24(22,23)9-8-15-14(21)13(16-12(20)10-19)11-6-4-3-5-7-11/h3-7,13,17,19H,8-10H2,1-2H3,(H,15,21)(H,16,20)/t13-/m1/s1. The number of sulfonamides is 1. The van der Waals surface area contributed by atoms with E-state index in [1.807, 2.05) is 0 Å². The highest BCUT2D eigenvalue weighted by Gasteiger charge is 2.22. The number of aliphatic hydroxyl groups is 1. The van der Waals surface area contributed by atoms with Gasteiger partial charge in [0.2, 0.25) is 21.8 Å². The number of amides is 2. The Kier molecular flexibility index (Phi) is 7.79. The van der Waals surface area contributed by atoms with Crippen molar-refractivity contribution in [1.82, 2.24) is 20.5 Å². The fourth-order valence-electron chi connectivity index (χ4n) is 1.89. The lowest BCUT2D eigenvalue weighted by Gasteiger charge is -2.19. The van der Waals surface area contributed by atoms with Crippen molar-refractivity contribution in [2.24, 2.45) is 0 Å². The van der Waals surface area contributed by atoms with Crippen molar-refractivity contribution < 1.29 is 23.1 Å². The van der Waals surface area contributed by atoms with Gasteiger partial charge in [-0.2, -0.15) is 0 Å². The summed E-state index contributed by atoms with van der Waals surface area (Å²) in [7, 11) is -0.493. The molecule has 24 heavy (non-hydrogen) atoms. The zero-order valence-electron chi connectivity index (χ0n) is 13.5. The second-order valence-corrected chi connectivity index (χ2v) is 6.99. The first-order valence-electron chi connectivity index (χ1n) is 7.15. The van der Waals surface area contributed by atoms with Crippen molar-refractivity contribution in [3.05, 3.63) is 35.9 Å². The number of hydrogen-bond acceptors (Lipinski definition) is 6.